The van der Waals surface area contributed by atoms with Crippen LogP contribution in [0.4, 0.5) is 17.6 Å². The Kier molecular flexibility index (Phi) is 9.71. The second kappa shape index (κ2) is 11.7. The fraction of sp³-hybridized carbons (Fsp3) is 0.400. The smallest absolute Gasteiger partial charge is 0.480 e. The van der Waals surface area contributed by atoms with Crippen LogP contribution in [0.5, 0.6) is 0 Å². The number of hydrogen-bond donors (Lipinski definition) is 3. The third-order valence-electron chi connectivity index (χ3n) is 5.96. The van der Waals surface area contributed by atoms with Gasteiger partial charge in [-0.25, -0.2) is 9.18 Å². The maximum absolute atomic E-state index is 15.2. The van der Waals surface area contributed by atoms with Crippen LogP contribution in [0.3, 0.4) is 0 Å². The predicted molar refractivity (Wildman–Crippen MR) is 134 cm³/mol. The molecule has 0 aromatic heterocycles. The van der Waals surface area contributed by atoms with Crippen LogP contribution >= 0.6 is 34.8 Å². The lowest BCUT2D eigenvalue weighted by molar-refractivity contribution is -0.192. The Bertz CT molecular complexity index is 1260. The number of rotatable bonds is 4. The van der Waals surface area contributed by atoms with Crippen molar-refractivity contribution < 1.29 is 37.4 Å². The SMILES string of the molecule is CC(C)(C)C[C@@H]1N[C@@H](C(=O)O)[C@H](c2cccc(Cl)c2F)[C@@]1(C#N)c1ccc(Cl)cc1Cl.O=C(O)C(F)(F)F. The van der Waals surface area contributed by atoms with Crippen LogP contribution in [-0.4, -0.2) is 40.4 Å². The Morgan fingerprint density at radius 3 is 2.11 bits per heavy atom. The van der Waals surface area contributed by atoms with Crippen molar-refractivity contribution in [1.82, 2.24) is 5.32 Å². The fourth-order valence-corrected chi connectivity index (χ4v) is 5.29. The van der Waals surface area contributed by atoms with Gasteiger partial charge in [0.05, 0.1) is 11.1 Å². The highest BCUT2D eigenvalue weighted by atomic mass is 35.5. The van der Waals surface area contributed by atoms with E-state index in [1.165, 1.54) is 18.2 Å². The summed E-state index contributed by atoms with van der Waals surface area (Å²) in [6.07, 6.45) is -4.64. The Labute approximate surface area is 231 Å². The number of nitriles is 1. The topological polar surface area (TPSA) is 110 Å². The van der Waals surface area contributed by atoms with E-state index in [1.54, 1.807) is 18.2 Å². The van der Waals surface area contributed by atoms with Gasteiger partial charge in [-0.3, -0.25) is 10.1 Å². The summed E-state index contributed by atoms with van der Waals surface area (Å²) in [7, 11) is 0. The van der Waals surface area contributed by atoms with Gasteiger partial charge in [-0.1, -0.05) is 73.8 Å². The van der Waals surface area contributed by atoms with E-state index >= 15 is 4.39 Å². The van der Waals surface area contributed by atoms with Crippen molar-refractivity contribution in [2.45, 2.75) is 56.8 Å². The van der Waals surface area contributed by atoms with E-state index in [0.717, 1.165) is 0 Å². The van der Waals surface area contributed by atoms with Gasteiger partial charge in [-0.2, -0.15) is 18.4 Å². The molecule has 2 aromatic carbocycles. The summed E-state index contributed by atoms with van der Waals surface area (Å²) < 4.78 is 46.9. The number of carbonyl (C=O) groups is 2. The normalized spacial score (nSPS) is 23.2. The first kappa shape index (κ1) is 31.6. The van der Waals surface area contributed by atoms with Gasteiger partial charge in [-0.15, -0.1) is 0 Å². The number of carboxylic acids is 2. The maximum atomic E-state index is 15.2. The Morgan fingerprint density at radius 1 is 1.08 bits per heavy atom. The molecular formula is C25H23Cl3F4N2O4. The van der Waals surface area contributed by atoms with Crippen molar-refractivity contribution in [3.8, 4) is 6.07 Å². The lowest BCUT2D eigenvalue weighted by Gasteiger charge is -2.37. The summed E-state index contributed by atoms with van der Waals surface area (Å²) in [6.45, 7) is 5.97. The highest BCUT2D eigenvalue weighted by molar-refractivity contribution is 6.35. The average molecular weight is 598 g/mol. The fourth-order valence-electron chi connectivity index (χ4n) is 4.54. The quantitative estimate of drug-likeness (QED) is 0.334. The molecule has 13 heteroatoms. The number of carboxylic acid groups (broad SMARTS) is 2. The van der Waals surface area contributed by atoms with Crippen LogP contribution < -0.4 is 5.32 Å². The molecule has 1 aliphatic heterocycles. The van der Waals surface area contributed by atoms with Gasteiger partial charge in [0, 0.05) is 22.0 Å². The van der Waals surface area contributed by atoms with Crippen LogP contribution in [0.1, 0.15) is 44.2 Å². The van der Waals surface area contributed by atoms with E-state index in [4.69, 9.17) is 44.7 Å². The van der Waals surface area contributed by atoms with Crippen LogP contribution in [0.15, 0.2) is 36.4 Å². The van der Waals surface area contributed by atoms with Gasteiger partial charge in [-0.05, 0) is 41.2 Å². The van der Waals surface area contributed by atoms with E-state index in [-0.39, 0.29) is 21.0 Å². The van der Waals surface area contributed by atoms with Crippen molar-refractivity contribution in [3.05, 3.63) is 68.4 Å². The molecule has 2 aromatic rings. The minimum Gasteiger partial charge on any atom is -0.480 e. The number of benzene rings is 2. The zero-order chi connectivity index (χ0) is 29.2. The number of aliphatic carboxylic acids is 2. The minimum absolute atomic E-state index is 0.0522. The molecule has 38 heavy (non-hydrogen) atoms. The molecule has 0 radical (unpaired) electrons. The van der Waals surface area contributed by atoms with Crippen LogP contribution in [0.2, 0.25) is 15.1 Å². The average Bonchev–Trinajstić information content (AvgIpc) is 3.08. The second-order valence-corrected chi connectivity index (χ2v) is 11.1. The van der Waals surface area contributed by atoms with Gasteiger partial charge in [0.25, 0.3) is 0 Å². The molecule has 1 heterocycles. The van der Waals surface area contributed by atoms with Gasteiger partial charge in [0.2, 0.25) is 0 Å². The third-order valence-corrected chi connectivity index (χ3v) is 6.80. The lowest BCUT2D eigenvalue weighted by atomic mass is 9.63. The second-order valence-electron chi connectivity index (χ2n) is 9.83. The molecule has 0 spiro atoms. The van der Waals surface area contributed by atoms with Crippen molar-refractivity contribution in [1.29, 1.82) is 5.26 Å². The minimum atomic E-state index is -5.08. The van der Waals surface area contributed by atoms with Crippen LogP contribution in [0.25, 0.3) is 0 Å². The number of nitrogens with one attached hydrogen (secondary N) is 1. The molecule has 0 amide bonds. The number of halogens is 7. The summed E-state index contributed by atoms with van der Waals surface area (Å²) in [5, 5.41) is 31.3. The third kappa shape index (κ3) is 6.70. The van der Waals surface area contributed by atoms with E-state index in [1.807, 2.05) is 20.8 Å². The van der Waals surface area contributed by atoms with Crippen molar-refractivity contribution >= 4 is 46.7 Å². The zero-order valence-electron chi connectivity index (χ0n) is 20.2. The van der Waals surface area contributed by atoms with Gasteiger partial charge in [0.1, 0.15) is 17.3 Å². The first-order valence-corrected chi connectivity index (χ1v) is 12.1. The lowest BCUT2D eigenvalue weighted by Crippen LogP contribution is -2.44. The largest absolute Gasteiger partial charge is 0.490 e. The Balaban J connectivity index is 0.000000638. The molecule has 0 bridgehead atoms. The van der Waals surface area contributed by atoms with E-state index < -0.39 is 47.3 Å². The predicted octanol–water partition coefficient (Wildman–Crippen LogP) is 6.83. The van der Waals surface area contributed by atoms with E-state index in [9.17, 15) is 28.3 Å². The van der Waals surface area contributed by atoms with Crippen LogP contribution in [-0.2, 0) is 15.0 Å². The standard InChI is InChI=1S/C23H22Cl3FN2O2.C2HF3O2/c1-22(2,3)10-17-23(11-28,14-8-7-12(24)9-16(14)26)18(20(29-17)21(30)31)13-5-4-6-15(25)19(13)27;3-2(4,5)1(6)7/h4-9,17-18,20,29H,10H2,1-3H3,(H,30,31);(H,6,7)/t17-,18-,20+,23-;/m0./s1. The van der Waals surface area contributed by atoms with Crippen LogP contribution in [0, 0.1) is 22.6 Å². The number of hydrogen-bond acceptors (Lipinski definition) is 4. The van der Waals surface area contributed by atoms with Crippen molar-refractivity contribution in [3.63, 3.8) is 0 Å². The summed E-state index contributed by atoms with van der Waals surface area (Å²) in [5.41, 5.74) is -1.29. The molecule has 1 fully saturated rings. The maximum Gasteiger partial charge on any atom is 0.490 e. The van der Waals surface area contributed by atoms with Gasteiger partial charge in [0.15, 0.2) is 0 Å². The summed E-state index contributed by atoms with van der Waals surface area (Å²) in [4.78, 5) is 21.2. The van der Waals surface area contributed by atoms with E-state index in [2.05, 4.69) is 11.4 Å². The Hall–Kier alpha value is -2.58. The summed E-state index contributed by atoms with van der Waals surface area (Å²) in [5.74, 6) is -5.78. The molecule has 1 aliphatic rings. The summed E-state index contributed by atoms with van der Waals surface area (Å²) >= 11 is 18.6. The van der Waals surface area contributed by atoms with E-state index in [0.29, 0.717) is 17.0 Å². The van der Waals surface area contributed by atoms with Gasteiger partial charge < -0.3 is 10.2 Å². The van der Waals surface area contributed by atoms with Crippen molar-refractivity contribution in [2.24, 2.45) is 5.41 Å². The highest BCUT2D eigenvalue weighted by Crippen LogP contribution is 2.53. The molecule has 3 N–H and O–H groups in total. The molecule has 0 unspecified atom stereocenters. The zero-order valence-corrected chi connectivity index (χ0v) is 22.5. The molecule has 1 saturated heterocycles. The molecule has 206 valence electrons. The van der Waals surface area contributed by atoms with Crippen molar-refractivity contribution in [2.75, 3.05) is 0 Å². The highest BCUT2D eigenvalue weighted by Gasteiger charge is 2.61. The first-order valence-electron chi connectivity index (χ1n) is 11.0. The molecular weight excluding hydrogens is 575 g/mol. The number of nitrogens with zero attached hydrogens (tertiary/aromatic N) is 1. The molecule has 4 atom stereocenters. The molecule has 0 aliphatic carbocycles. The molecule has 0 saturated carbocycles. The summed E-state index contributed by atoms with van der Waals surface area (Å²) in [6, 6.07) is 9.60. The first-order chi connectivity index (χ1) is 17.4. The molecule has 6 nitrogen and oxygen atoms in total. The number of alkyl halides is 3. The Morgan fingerprint density at radius 2 is 1.66 bits per heavy atom. The monoisotopic (exact) mass is 596 g/mol. The van der Waals surface area contributed by atoms with Gasteiger partial charge >= 0.3 is 18.1 Å². The molecule has 3 rings (SSSR count).